The molecule has 19 heavy (non-hydrogen) atoms. The minimum atomic E-state index is 0.884. The standard InChI is InChI=1S/C16H27N3/c1-3-5-14-7-10-19(13-14)16-6-9-18-12-15(16)11-17-8-4-2/h6,9,12,14,17H,3-5,7-8,10-11,13H2,1-2H3. The Kier molecular flexibility index (Phi) is 5.64. The van der Waals surface area contributed by atoms with E-state index in [1.807, 2.05) is 12.4 Å². The molecule has 1 N–H and O–H groups in total. The number of rotatable bonds is 7. The largest absolute Gasteiger partial charge is 0.371 e. The van der Waals surface area contributed by atoms with Crippen molar-refractivity contribution in [3.63, 3.8) is 0 Å². The van der Waals surface area contributed by atoms with Crippen molar-refractivity contribution in [3.8, 4) is 0 Å². The molecule has 1 unspecified atom stereocenters. The van der Waals surface area contributed by atoms with Gasteiger partial charge in [0.25, 0.3) is 0 Å². The molecule has 1 aromatic rings. The maximum absolute atomic E-state index is 4.28. The molecule has 1 saturated heterocycles. The summed E-state index contributed by atoms with van der Waals surface area (Å²) in [6.07, 6.45) is 9.14. The number of hydrogen-bond acceptors (Lipinski definition) is 3. The van der Waals surface area contributed by atoms with Gasteiger partial charge in [0.05, 0.1) is 0 Å². The van der Waals surface area contributed by atoms with E-state index < -0.39 is 0 Å². The molecule has 1 aliphatic rings. The van der Waals surface area contributed by atoms with Crippen LogP contribution in [0.25, 0.3) is 0 Å². The topological polar surface area (TPSA) is 28.2 Å². The van der Waals surface area contributed by atoms with Crippen molar-refractivity contribution in [3.05, 3.63) is 24.0 Å². The van der Waals surface area contributed by atoms with E-state index in [4.69, 9.17) is 0 Å². The van der Waals surface area contributed by atoms with Crippen molar-refractivity contribution in [2.24, 2.45) is 5.92 Å². The Labute approximate surface area is 117 Å². The van der Waals surface area contributed by atoms with Gasteiger partial charge in [-0.15, -0.1) is 0 Å². The van der Waals surface area contributed by atoms with Crippen LogP contribution in [0.4, 0.5) is 5.69 Å². The van der Waals surface area contributed by atoms with Crippen LogP contribution in [0.5, 0.6) is 0 Å². The highest BCUT2D eigenvalue weighted by atomic mass is 15.2. The molecule has 2 heterocycles. The van der Waals surface area contributed by atoms with Crippen molar-refractivity contribution in [1.29, 1.82) is 0 Å². The van der Waals surface area contributed by atoms with E-state index in [1.165, 1.54) is 50.0 Å². The van der Waals surface area contributed by atoms with Crippen molar-refractivity contribution in [2.45, 2.75) is 46.1 Å². The monoisotopic (exact) mass is 261 g/mol. The normalized spacial score (nSPS) is 19.1. The molecule has 0 spiro atoms. The molecule has 0 aromatic carbocycles. The molecular weight excluding hydrogens is 234 g/mol. The molecule has 0 saturated carbocycles. The first-order chi connectivity index (χ1) is 9.35. The smallest absolute Gasteiger partial charge is 0.0442 e. The summed E-state index contributed by atoms with van der Waals surface area (Å²) in [5.74, 6) is 0.884. The zero-order valence-corrected chi connectivity index (χ0v) is 12.4. The molecule has 0 radical (unpaired) electrons. The van der Waals surface area contributed by atoms with Crippen molar-refractivity contribution < 1.29 is 0 Å². The quantitative estimate of drug-likeness (QED) is 0.764. The Balaban J connectivity index is 1.99. The summed E-state index contributed by atoms with van der Waals surface area (Å²) in [5.41, 5.74) is 2.73. The van der Waals surface area contributed by atoms with Crippen LogP contribution in [0.1, 0.15) is 45.1 Å². The third kappa shape index (κ3) is 3.93. The van der Waals surface area contributed by atoms with Crippen LogP contribution in [0.15, 0.2) is 18.5 Å². The van der Waals surface area contributed by atoms with Gasteiger partial charge >= 0.3 is 0 Å². The molecule has 3 heteroatoms. The first kappa shape index (κ1) is 14.3. The second kappa shape index (κ2) is 7.49. The molecule has 2 rings (SSSR count). The fourth-order valence-electron chi connectivity index (χ4n) is 2.96. The highest BCUT2D eigenvalue weighted by Gasteiger charge is 2.23. The lowest BCUT2D eigenvalue weighted by Crippen LogP contribution is -2.23. The second-order valence-electron chi connectivity index (χ2n) is 5.57. The summed E-state index contributed by atoms with van der Waals surface area (Å²) in [5, 5.41) is 3.48. The second-order valence-corrected chi connectivity index (χ2v) is 5.57. The molecule has 1 aromatic heterocycles. The van der Waals surface area contributed by atoms with Crippen LogP contribution < -0.4 is 10.2 Å². The van der Waals surface area contributed by atoms with Gasteiger partial charge in [0.2, 0.25) is 0 Å². The zero-order valence-electron chi connectivity index (χ0n) is 12.4. The van der Waals surface area contributed by atoms with Crippen LogP contribution in [-0.2, 0) is 6.54 Å². The summed E-state index contributed by atoms with van der Waals surface area (Å²) in [7, 11) is 0. The fourth-order valence-corrected chi connectivity index (χ4v) is 2.96. The Morgan fingerprint density at radius 1 is 1.37 bits per heavy atom. The van der Waals surface area contributed by atoms with Gasteiger partial charge < -0.3 is 10.2 Å². The van der Waals surface area contributed by atoms with Crippen molar-refractivity contribution in [2.75, 3.05) is 24.5 Å². The lowest BCUT2D eigenvalue weighted by Gasteiger charge is -2.22. The van der Waals surface area contributed by atoms with Gasteiger partial charge in [-0.25, -0.2) is 0 Å². The molecule has 0 bridgehead atoms. The number of anilines is 1. The highest BCUT2D eigenvalue weighted by molar-refractivity contribution is 5.53. The Bertz CT molecular complexity index is 378. The van der Waals surface area contributed by atoms with E-state index in [9.17, 15) is 0 Å². The molecule has 106 valence electrons. The summed E-state index contributed by atoms with van der Waals surface area (Å²) in [6, 6.07) is 2.18. The zero-order chi connectivity index (χ0) is 13.5. The third-order valence-corrected chi connectivity index (χ3v) is 3.94. The molecular formula is C16H27N3. The molecule has 3 nitrogen and oxygen atoms in total. The van der Waals surface area contributed by atoms with E-state index in [1.54, 1.807) is 0 Å². The number of nitrogens with zero attached hydrogens (tertiary/aromatic N) is 2. The van der Waals surface area contributed by atoms with Crippen LogP contribution in [0, 0.1) is 5.92 Å². The predicted octanol–water partition coefficient (Wildman–Crippen LogP) is 3.21. The van der Waals surface area contributed by atoms with Crippen molar-refractivity contribution >= 4 is 5.69 Å². The average molecular weight is 261 g/mol. The van der Waals surface area contributed by atoms with E-state index >= 15 is 0 Å². The average Bonchev–Trinajstić information content (AvgIpc) is 2.89. The Morgan fingerprint density at radius 2 is 2.26 bits per heavy atom. The number of aromatic nitrogens is 1. The van der Waals surface area contributed by atoms with Crippen LogP contribution >= 0.6 is 0 Å². The Hall–Kier alpha value is -1.09. The van der Waals surface area contributed by atoms with E-state index in [2.05, 4.69) is 35.1 Å². The van der Waals surface area contributed by atoms with E-state index in [0.29, 0.717) is 0 Å². The fraction of sp³-hybridized carbons (Fsp3) is 0.688. The van der Waals surface area contributed by atoms with Gasteiger partial charge in [-0.1, -0.05) is 20.3 Å². The molecule has 0 aliphatic carbocycles. The highest BCUT2D eigenvalue weighted by Crippen LogP contribution is 2.28. The van der Waals surface area contributed by atoms with Gasteiger partial charge in [0.1, 0.15) is 0 Å². The molecule has 1 aliphatic heterocycles. The third-order valence-electron chi connectivity index (χ3n) is 3.94. The summed E-state index contributed by atoms with van der Waals surface area (Å²) >= 11 is 0. The minimum absolute atomic E-state index is 0.884. The van der Waals surface area contributed by atoms with Gasteiger partial charge in [-0.2, -0.15) is 0 Å². The predicted molar refractivity (Wildman–Crippen MR) is 81.5 cm³/mol. The molecule has 1 atom stereocenters. The van der Waals surface area contributed by atoms with Crippen LogP contribution in [-0.4, -0.2) is 24.6 Å². The van der Waals surface area contributed by atoms with Gasteiger partial charge in [0, 0.05) is 43.3 Å². The summed E-state index contributed by atoms with van der Waals surface area (Å²) in [4.78, 5) is 6.83. The first-order valence-corrected chi connectivity index (χ1v) is 7.73. The maximum Gasteiger partial charge on any atom is 0.0442 e. The van der Waals surface area contributed by atoms with E-state index in [0.717, 1.165) is 19.0 Å². The van der Waals surface area contributed by atoms with Crippen LogP contribution in [0.3, 0.4) is 0 Å². The lowest BCUT2D eigenvalue weighted by molar-refractivity contribution is 0.529. The SMILES string of the molecule is CCCNCc1cnccc1N1CCC(CCC)C1. The number of pyridine rings is 1. The van der Waals surface area contributed by atoms with Gasteiger partial charge in [0.15, 0.2) is 0 Å². The van der Waals surface area contributed by atoms with Crippen molar-refractivity contribution in [1.82, 2.24) is 10.3 Å². The first-order valence-electron chi connectivity index (χ1n) is 7.73. The lowest BCUT2D eigenvalue weighted by atomic mass is 10.0. The maximum atomic E-state index is 4.28. The van der Waals surface area contributed by atoms with Gasteiger partial charge in [-0.05, 0) is 37.8 Å². The number of hydrogen-bond donors (Lipinski definition) is 1. The number of nitrogens with one attached hydrogen (secondary N) is 1. The van der Waals surface area contributed by atoms with E-state index in [-0.39, 0.29) is 0 Å². The van der Waals surface area contributed by atoms with Gasteiger partial charge in [-0.3, -0.25) is 4.98 Å². The summed E-state index contributed by atoms with van der Waals surface area (Å²) < 4.78 is 0. The Morgan fingerprint density at radius 3 is 3.05 bits per heavy atom. The molecule has 1 fully saturated rings. The van der Waals surface area contributed by atoms with Crippen LogP contribution in [0.2, 0.25) is 0 Å². The summed E-state index contributed by atoms with van der Waals surface area (Å²) in [6.45, 7) is 8.93. The minimum Gasteiger partial charge on any atom is -0.371 e. The molecule has 0 amide bonds.